The van der Waals surface area contributed by atoms with Crippen LogP contribution >= 0.6 is 11.3 Å². The zero-order valence-corrected chi connectivity index (χ0v) is 15.2. The molecule has 2 rings (SSSR count). The summed E-state index contributed by atoms with van der Waals surface area (Å²) in [7, 11) is 0. The molecule has 0 saturated carbocycles. The molecule has 23 heavy (non-hydrogen) atoms. The summed E-state index contributed by atoms with van der Waals surface area (Å²) in [5.41, 5.74) is 2.90. The number of aliphatic hydroxyl groups is 1. The molecule has 130 valence electrons. The van der Waals surface area contributed by atoms with Crippen molar-refractivity contribution in [3.63, 3.8) is 0 Å². The van der Waals surface area contributed by atoms with Crippen molar-refractivity contribution in [1.82, 2.24) is 15.2 Å². The average Bonchev–Trinajstić information content (AvgIpc) is 2.95. The number of aliphatic hydroxyl groups excluding tert-OH is 1. The summed E-state index contributed by atoms with van der Waals surface area (Å²) < 4.78 is 0. The van der Waals surface area contributed by atoms with E-state index >= 15 is 0 Å². The van der Waals surface area contributed by atoms with Gasteiger partial charge in [0.05, 0.1) is 17.2 Å². The molecule has 1 aromatic rings. The average molecular weight is 340 g/mol. The van der Waals surface area contributed by atoms with Crippen LogP contribution in [0.25, 0.3) is 0 Å². The van der Waals surface area contributed by atoms with Crippen molar-refractivity contribution < 1.29 is 9.90 Å². The fraction of sp³-hybridized carbons (Fsp3) is 0.765. The third-order valence-electron chi connectivity index (χ3n) is 4.54. The van der Waals surface area contributed by atoms with Crippen LogP contribution in [-0.4, -0.2) is 46.6 Å². The van der Waals surface area contributed by atoms with Crippen molar-refractivity contribution in [2.24, 2.45) is 11.8 Å². The maximum absolute atomic E-state index is 12.9. The number of likely N-dealkylation sites (tertiary alicyclic amines) is 1. The fourth-order valence-corrected chi connectivity index (χ4v) is 3.74. The molecule has 2 heterocycles. The first-order chi connectivity index (χ1) is 11.0. The Morgan fingerprint density at radius 2 is 2.17 bits per heavy atom. The van der Waals surface area contributed by atoms with Gasteiger partial charge in [0.1, 0.15) is 0 Å². The highest BCUT2D eigenvalue weighted by molar-refractivity contribution is 7.09. The molecular weight excluding hydrogens is 310 g/mol. The molecule has 1 fully saturated rings. The second-order valence-electron chi connectivity index (χ2n) is 6.88. The molecule has 2 N–H and O–H groups in total. The van der Waals surface area contributed by atoms with Gasteiger partial charge in [0.25, 0.3) is 0 Å². The number of carbonyl (C=O) groups excluding carboxylic acids is 1. The van der Waals surface area contributed by atoms with Crippen molar-refractivity contribution in [3.8, 4) is 0 Å². The number of amides is 1. The topological polar surface area (TPSA) is 65.5 Å². The highest BCUT2D eigenvalue weighted by Crippen LogP contribution is 2.19. The molecule has 6 heteroatoms. The van der Waals surface area contributed by atoms with E-state index in [9.17, 15) is 9.90 Å². The summed E-state index contributed by atoms with van der Waals surface area (Å²) in [6, 6.07) is -0.137. The normalized spacial score (nSPS) is 17.7. The lowest BCUT2D eigenvalue weighted by atomic mass is 9.96. The largest absolute Gasteiger partial charge is 0.396 e. The first-order valence-electron chi connectivity index (χ1n) is 8.53. The predicted octanol–water partition coefficient (Wildman–Crippen LogP) is 2.19. The molecule has 1 aliphatic rings. The zero-order chi connectivity index (χ0) is 16.8. The lowest BCUT2D eigenvalue weighted by Crippen LogP contribution is -2.49. The van der Waals surface area contributed by atoms with E-state index in [1.54, 1.807) is 11.3 Å². The van der Waals surface area contributed by atoms with E-state index in [0.29, 0.717) is 18.4 Å². The minimum Gasteiger partial charge on any atom is -0.396 e. The van der Waals surface area contributed by atoms with Crippen LogP contribution in [-0.2, 0) is 11.3 Å². The first-order valence-corrected chi connectivity index (χ1v) is 9.41. The van der Waals surface area contributed by atoms with E-state index in [0.717, 1.165) is 38.0 Å². The molecule has 0 radical (unpaired) electrons. The smallest absolute Gasteiger partial charge is 0.239 e. The van der Waals surface area contributed by atoms with Crippen LogP contribution in [0, 0.1) is 18.8 Å². The lowest BCUT2D eigenvalue weighted by Gasteiger charge is -2.34. The van der Waals surface area contributed by atoms with E-state index in [1.807, 2.05) is 17.3 Å². The molecule has 0 bridgehead atoms. The zero-order valence-electron chi connectivity index (χ0n) is 14.4. The molecular formula is C17H29N3O2S. The number of nitrogens with zero attached hydrogens (tertiary/aromatic N) is 2. The second-order valence-corrected chi connectivity index (χ2v) is 7.81. The number of rotatable bonds is 7. The molecule has 0 aromatic carbocycles. The van der Waals surface area contributed by atoms with Gasteiger partial charge < -0.3 is 15.3 Å². The van der Waals surface area contributed by atoms with Crippen molar-refractivity contribution in [1.29, 1.82) is 0 Å². The molecule has 0 spiro atoms. The predicted molar refractivity (Wildman–Crippen MR) is 93.3 cm³/mol. The fourth-order valence-electron chi connectivity index (χ4n) is 3.01. The summed E-state index contributed by atoms with van der Waals surface area (Å²) in [4.78, 5) is 20.3. The molecule has 1 aromatic heterocycles. The van der Waals surface area contributed by atoms with Crippen LogP contribution < -0.4 is 5.32 Å². The Balaban J connectivity index is 1.94. The minimum atomic E-state index is -0.137. The summed E-state index contributed by atoms with van der Waals surface area (Å²) >= 11 is 1.63. The third kappa shape index (κ3) is 5.26. The number of aryl methyl sites for hydroxylation is 1. The molecule has 1 amide bonds. The van der Waals surface area contributed by atoms with Crippen LogP contribution in [0.5, 0.6) is 0 Å². The van der Waals surface area contributed by atoms with Crippen molar-refractivity contribution in [2.75, 3.05) is 19.7 Å². The number of carbonyl (C=O) groups is 1. The Labute approximate surface area is 143 Å². The Hall–Kier alpha value is -0.980. The van der Waals surface area contributed by atoms with Gasteiger partial charge >= 0.3 is 0 Å². The van der Waals surface area contributed by atoms with Gasteiger partial charge in [-0.05, 0) is 38.0 Å². The second kappa shape index (κ2) is 8.76. The minimum absolute atomic E-state index is 0.137. The van der Waals surface area contributed by atoms with Gasteiger partial charge in [-0.2, -0.15) is 0 Å². The maximum Gasteiger partial charge on any atom is 0.239 e. The van der Waals surface area contributed by atoms with Crippen molar-refractivity contribution >= 4 is 17.2 Å². The molecule has 1 unspecified atom stereocenters. The highest BCUT2D eigenvalue weighted by atomic mass is 32.1. The van der Waals surface area contributed by atoms with Gasteiger partial charge in [-0.3, -0.25) is 4.79 Å². The Bertz CT molecular complexity index is 496. The van der Waals surface area contributed by atoms with Crippen molar-refractivity contribution in [3.05, 3.63) is 16.1 Å². The van der Waals surface area contributed by atoms with E-state index < -0.39 is 0 Å². The van der Waals surface area contributed by atoms with Crippen LogP contribution in [0.3, 0.4) is 0 Å². The van der Waals surface area contributed by atoms with Crippen LogP contribution in [0.15, 0.2) is 5.51 Å². The van der Waals surface area contributed by atoms with E-state index in [-0.39, 0.29) is 18.6 Å². The van der Waals surface area contributed by atoms with Gasteiger partial charge in [-0.25, -0.2) is 4.98 Å². The molecule has 0 aliphatic carbocycles. The number of hydrogen-bond donors (Lipinski definition) is 2. The van der Waals surface area contributed by atoms with Gasteiger partial charge in [-0.1, -0.05) is 13.8 Å². The van der Waals surface area contributed by atoms with Crippen LogP contribution in [0.2, 0.25) is 0 Å². The molecule has 1 atom stereocenters. The Kier molecular flexibility index (Phi) is 6.99. The number of aromatic nitrogens is 1. The maximum atomic E-state index is 12.9. The first kappa shape index (κ1) is 18.4. The van der Waals surface area contributed by atoms with E-state index in [4.69, 9.17) is 0 Å². The molecule has 1 aliphatic heterocycles. The summed E-state index contributed by atoms with van der Waals surface area (Å²) in [5.74, 6) is 1.03. The Morgan fingerprint density at radius 1 is 1.48 bits per heavy atom. The van der Waals surface area contributed by atoms with Gasteiger partial charge in [0.2, 0.25) is 5.91 Å². The van der Waals surface area contributed by atoms with Gasteiger partial charge in [-0.15, -0.1) is 11.3 Å². The van der Waals surface area contributed by atoms with Crippen molar-refractivity contribution in [2.45, 2.75) is 52.6 Å². The summed E-state index contributed by atoms with van der Waals surface area (Å²) in [6.07, 6.45) is 2.66. The van der Waals surface area contributed by atoms with Crippen LogP contribution in [0.4, 0.5) is 0 Å². The number of nitrogens with one attached hydrogen (secondary N) is 1. The SMILES string of the molecule is Cc1ncsc1CNC(CC(C)C)C(=O)N1CCC(CO)CC1. The number of piperidine rings is 1. The molecule has 5 nitrogen and oxygen atoms in total. The quantitative estimate of drug-likeness (QED) is 0.799. The third-order valence-corrected chi connectivity index (χ3v) is 5.48. The number of hydrogen-bond acceptors (Lipinski definition) is 5. The van der Waals surface area contributed by atoms with Gasteiger partial charge in [0.15, 0.2) is 0 Å². The molecule has 1 saturated heterocycles. The lowest BCUT2D eigenvalue weighted by molar-refractivity contribution is -0.135. The standard InChI is InChI=1S/C17H29N3O2S/c1-12(2)8-15(18-9-16-13(3)19-11-23-16)17(22)20-6-4-14(10-21)5-7-20/h11-12,14-15,18,21H,4-10H2,1-3H3. The van der Waals surface area contributed by atoms with Gasteiger partial charge in [0, 0.05) is 31.1 Å². The number of thiazole rings is 1. The van der Waals surface area contributed by atoms with E-state index in [1.165, 1.54) is 4.88 Å². The summed E-state index contributed by atoms with van der Waals surface area (Å²) in [6.45, 7) is 8.77. The van der Waals surface area contributed by atoms with E-state index in [2.05, 4.69) is 24.1 Å². The Morgan fingerprint density at radius 3 is 2.70 bits per heavy atom. The van der Waals surface area contributed by atoms with Crippen LogP contribution in [0.1, 0.15) is 43.7 Å². The highest BCUT2D eigenvalue weighted by Gasteiger charge is 2.28. The summed E-state index contributed by atoms with van der Waals surface area (Å²) in [5, 5.41) is 12.7. The monoisotopic (exact) mass is 339 g/mol.